The van der Waals surface area contributed by atoms with Crippen LogP contribution in [0, 0.1) is 25.2 Å². The SMILES string of the molecule is Cc1noc(C)c1S(=O)(=O)N1Cc2cc3c(cc2CC1C(=O)NC(Cc1ccc(-c2ccc(C#N)cc2)cc1)C(=O)O)OCC(c1ccc(OCc2ccc(Cl)c(Cl)c2)cc1)O3. The first-order valence-corrected chi connectivity index (χ1v) is 21.7. The third-order valence-corrected chi connectivity index (χ3v) is 13.7. The van der Waals surface area contributed by atoms with Crippen molar-refractivity contribution in [1.29, 1.82) is 5.26 Å². The van der Waals surface area contributed by atoms with Gasteiger partial charge in [-0.2, -0.15) is 9.57 Å². The first-order chi connectivity index (χ1) is 29.8. The Morgan fingerprint density at radius 2 is 1.60 bits per heavy atom. The largest absolute Gasteiger partial charge is 0.489 e. The Hall–Kier alpha value is -6.37. The number of aromatic nitrogens is 1. The molecule has 16 heteroatoms. The summed E-state index contributed by atoms with van der Waals surface area (Å²) in [6.45, 7) is 3.21. The number of carbonyl (C=O) groups excluding carboxylic acids is 1. The monoisotopic (exact) mass is 892 g/mol. The molecule has 2 aliphatic heterocycles. The molecule has 1 amide bonds. The van der Waals surface area contributed by atoms with Crippen molar-refractivity contribution in [2.75, 3.05) is 6.61 Å². The molecule has 316 valence electrons. The van der Waals surface area contributed by atoms with E-state index in [1.165, 1.54) is 13.8 Å². The quantitative estimate of drug-likeness (QED) is 0.121. The van der Waals surface area contributed by atoms with Crippen LogP contribution in [0.1, 0.15) is 50.9 Å². The van der Waals surface area contributed by atoms with Gasteiger partial charge < -0.3 is 29.2 Å². The number of carbonyl (C=O) groups is 2. The molecule has 0 saturated carbocycles. The number of aliphatic carboxylic acids is 1. The molecule has 1 aromatic heterocycles. The van der Waals surface area contributed by atoms with Gasteiger partial charge in [0.05, 0.1) is 21.7 Å². The molecule has 0 saturated heterocycles. The molecule has 5 aromatic carbocycles. The van der Waals surface area contributed by atoms with Crippen LogP contribution in [0.25, 0.3) is 11.1 Å². The predicted octanol–water partition coefficient (Wildman–Crippen LogP) is 8.16. The fraction of sp³-hybridized carbons (Fsp3) is 0.217. The fourth-order valence-corrected chi connectivity index (χ4v) is 9.76. The number of hydrogen-bond acceptors (Lipinski definition) is 10. The van der Waals surface area contributed by atoms with Gasteiger partial charge in [-0.15, -0.1) is 0 Å². The van der Waals surface area contributed by atoms with Crippen LogP contribution in [0.15, 0.2) is 113 Å². The number of rotatable bonds is 12. The second-order valence-corrected chi connectivity index (χ2v) is 17.6. The number of nitrogens with one attached hydrogen (secondary N) is 1. The molecule has 8 rings (SSSR count). The van der Waals surface area contributed by atoms with Gasteiger partial charge in [0.2, 0.25) is 15.9 Å². The van der Waals surface area contributed by atoms with E-state index in [4.69, 9.17) is 47.2 Å². The highest BCUT2D eigenvalue weighted by atomic mass is 35.5. The van der Waals surface area contributed by atoms with Gasteiger partial charge in [0.1, 0.15) is 41.6 Å². The Labute approximate surface area is 367 Å². The maximum Gasteiger partial charge on any atom is 0.326 e. The molecule has 6 aromatic rings. The zero-order valence-corrected chi connectivity index (χ0v) is 35.6. The lowest BCUT2D eigenvalue weighted by molar-refractivity contribution is -0.142. The second-order valence-electron chi connectivity index (χ2n) is 15.0. The van der Waals surface area contributed by atoms with E-state index in [2.05, 4.69) is 16.5 Å². The minimum Gasteiger partial charge on any atom is -0.489 e. The van der Waals surface area contributed by atoms with Crippen molar-refractivity contribution >= 4 is 45.1 Å². The molecule has 13 nitrogen and oxygen atoms in total. The van der Waals surface area contributed by atoms with Crippen LogP contribution < -0.4 is 19.5 Å². The van der Waals surface area contributed by atoms with E-state index < -0.39 is 40.1 Å². The van der Waals surface area contributed by atoms with Gasteiger partial charge in [-0.1, -0.05) is 83.0 Å². The van der Waals surface area contributed by atoms with Gasteiger partial charge in [0.25, 0.3) is 0 Å². The Kier molecular flexibility index (Phi) is 12.0. The van der Waals surface area contributed by atoms with Crippen LogP contribution in [0.4, 0.5) is 0 Å². The van der Waals surface area contributed by atoms with E-state index in [9.17, 15) is 23.1 Å². The van der Waals surface area contributed by atoms with E-state index in [0.29, 0.717) is 56.2 Å². The maximum absolute atomic E-state index is 14.5. The highest BCUT2D eigenvalue weighted by Gasteiger charge is 2.43. The standard InChI is InChI=1S/C46H38Cl2N4O9S/c1-26-44(27(2)61-51-26)62(56,57)52-23-35-21-42-41(59-25-43(60-42)33-12-14-36(15-13-33)58-24-30-7-16-37(47)38(48)17-30)20-34(35)19-40(52)45(53)50-39(46(54)55)18-28-3-8-31(9-4-28)32-10-5-29(22-49)6-11-32/h3-17,20-21,39-40,43H,18-19,23-25H2,1-2H3,(H,50,53)(H,54,55). The number of aryl methyl sites for hydroxylation is 2. The summed E-state index contributed by atoms with van der Waals surface area (Å²) in [5.41, 5.74) is 5.94. The summed E-state index contributed by atoms with van der Waals surface area (Å²) in [5.74, 6) is -0.563. The molecular formula is C46H38Cl2N4O9S. The number of halogens is 2. The molecule has 2 N–H and O–H groups in total. The lowest BCUT2D eigenvalue weighted by Crippen LogP contribution is -2.55. The average Bonchev–Trinajstić information content (AvgIpc) is 3.63. The molecular weight excluding hydrogens is 855 g/mol. The molecule has 0 spiro atoms. The number of fused-ring (bicyclic) bond motifs is 2. The maximum atomic E-state index is 14.5. The topological polar surface area (TPSA) is 181 Å². The summed E-state index contributed by atoms with van der Waals surface area (Å²) >= 11 is 12.2. The summed E-state index contributed by atoms with van der Waals surface area (Å²) in [6.07, 6.45) is -0.642. The van der Waals surface area contributed by atoms with Gasteiger partial charge in [-0.05, 0) is 108 Å². The van der Waals surface area contributed by atoms with Crippen molar-refractivity contribution < 1.29 is 41.8 Å². The highest BCUT2D eigenvalue weighted by Crippen LogP contribution is 2.42. The van der Waals surface area contributed by atoms with Gasteiger partial charge in [0, 0.05) is 13.0 Å². The molecule has 0 aliphatic carbocycles. The van der Waals surface area contributed by atoms with Crippen molar-refractivity contribution in [3.8, 4) is 34.4 Å². The molecule has 0 bridgehead atoms. The fourth-order valence-electron chi connectivity index (χ4n) is 7.58. The summed E-state index contributed by atoms with van der Waals surface area (Å²) in [4.78, 5) is 26.7. The smallest absolute Gasteiger partial charge is 0.326 e. The van der Waals surface area contributed by atoms with E-state index >= 15 is 0 Å². The molecule has 3 unspecified atom stereocenters. The molecule has 3 heterocycles. The van der Waals surface area contributed by atoms with Gasteiger partial charge in [-0.3, -0.25) is 4.79 Å². The minimum atomic E-state index is -4.42. The van der Waals surface area contributed by atoms with E-state index in [0.717, 1.165) is 26.6 Å². The van der Waals surface area contributed by atoms with Crippen LogP contribution in [0.5, 0.6) is 17.2 Å². The zero-order valence-electron chi connectivity index (χ0n) is 33.3. The van der Waals surface area contributed by atoms with E-state index in [1.807, 2.05) is 54.6 Å². The number of ether oxygens (including phenoxy) is 3. The van der Waals surface area contributed by atoms with Crippen molar-refractivity contribution in [2.24, 2.45) is 0 Å². The van der Waals surface area contributed by atoms with Crippen LogP contribution in [-0.4, -0.2) is 53.6 Å². The number of sulfonamides is 1. The number of carboxylic acids is 1. The van der Waals surface area contributed by atoms with Crippen LogP contribution >= 0.6 is 23.2 Å². The molecule has 0 fully saturated rings. The number of carboxylic acid groups (broad SMARTS) is 1. The predicted molar refractivity (Wildman–Crippen MR) is 229 cm³/mol. The summed E-state index contributed by atoms with van der Waals surface area (Å²) in [5, 5.41) is 26.8. The normalized spacial score (nSPS) is 16.4. The number of nitrogens with zero attached hydrogens (tertiary/aromatic N) is 3. The summed E-state index contributed by atoms with van der Waals surface area (Å²) in [7, 11) is -4.42. The highest BCUT2D eigenvalue weighted by molar-refractivity contribution is 7.89. The van der Waals surface area contributed by atoms with Crippen LogP contribution in [0.2, 0.25) is 10.0 Å². The summed E-state index contributed by atoms with van der Waals surface area (Å²) < 4.78 is 53.7. The lowest BCUT2D eigenvalue weighted by Gasteiger charge is -2.36. The van der Waals surface area contributed by atoms with Crippen molar-refractivity contribution in [3.63, 3.8) is 0 Å². The molecule has 62 heavy (non-hydrogen) atoms. The van der Waals surface area contributed by atoms with Gasteiger partial charge in [0.15, 0.2) is 23.4 Å². The second kappa shape index (κ2) is 17.5. The summed E-state index contributed by atoms with van der Waals surface area (Å²) in [6, 6.07) is 29.8. The zero-order chi connectivity index (χ0) is 43.7. The first kappa shape index (κ1) is 42.3. The number of amides is 1. The van der Waals surface area contributed by atoms with E-state index in [-0.39, 0.29) is 42.3 Å². The van der Waals surface area contributed by atoms with Crippen molar-refractivity contribution in [3.05, 3.63) is 158 Å². The Morgan fingerprint density at radius 3 is 2.24 bits per heavy atom. The number of hydrogen-bond donors (Lipinski definition) is 2. The molecule has 2 aliphatic rings. The minimum absolute atomic E-state index is 0.0520. The van der Waals surface area contributed by atoms with Gasteiger partial charge >= 0.3 is 5.97 Å². The lowest BCUT2D eigenvalue weighted by atomic mass is 9.93. The Morgan fingerprint density at radius 1 is 0.919 bits per heavy atom. The third-order valence-electron chi connectivity index (χ3n) is 10.8. The van der Waals surface area contributed by atoms with Gasteiger partial charge in [-0.25, -0.2) is 13.2 Å². The third kappa shape index (κ3) is 8.84. The van der Waals surface area contributed by atoms with Crippen molar-refractivity contribution in [2.45, 2.75) is 62.9 Å². The molecule has 0 radical (unpaired) electrons. The molecule has 3 atom stereocenters. The van der Waals surface area contributed by atoms with E-state index in [1.54, 1.807) is 48.5 Å². The first-order valence-electron chi connectivity index (χ1n) is 19.5. The van der Waals surface area contributed by atoms with Crippen LogP contribution in [0.3, 0.4) is 0 Å². The van der Waals surface area contributed by atoms with Crippen molar-refractivity contribution in [1.82, 2.24) is 14.8 Å². The Balaban J connectivity index is 1.01. The Bertz CT molecular complexity index is 2810. The van der Waals surface area contributed by atoms with Crippen LogP contribution in [-0.2, 0) is 45.6 Å². The average molecular weight is 894 g/mol. The number of benzene rings is 5. The number of nitriles is 1.